The fourth-order valence-corrected chi connectivity index (χ4v) is 3.54. The Morgan fingerprint density at radius 3 is 2.25 bits per heavy atom. The minimum atomic E-state index is -1.25. The number of cyclic esters (lactones) is 2. The van der Waals surface area contributed by atoms with Crippen LogP contribution in [0.25, 0.3) is 0 Å². The van der Waals surface area contributed by atoms with Crippen LogP contribution in [0.1, 0.15) is 19.4 Å². The van der Waals surface area contributed by atoms with Crippen molar-refractivity contribution in [3.05, 3.63) is 69.8 Å². The van der Waals surface area contributed by atoms with Crippen molar-refractivity contribution in [3.63, 3.8) is 0 Å². The van der Waals surface area contributed by atoms with Crippen LogP contribution >= 0.6 is 35.0 Å². The SMILES string of the molecule is CC1(C)OC(=O)C(=CNc2ccc(SCc3ccc(Cl)c(Cl)c3)cc2)C(=O)O1. The van der Waals surface area contributed by atoms with Crippen molar-refractivity contribution in [2.45, 2.75) is 30.3 Å². The Balaban J connectivity index is 1.59. The van der Waals surface area contributed by atoms with Gasteiger partial charge >= 0.3 is 11.9 Å². The topological polar surface area (TPSA) is 64.6 Å². The molecule has 0 spiro atoms. The zero-order valence-electron chi connectivity index (χ0n) is 15.1. The monoisotopic (exact) mass is 437 g/mol. The van der Waals surface area contributed by atoms with Crippen molar-refractivity contribution in [1.29, 1.82) is 0 Å². The molecule has 146 valence electrons. The number of nitrogens with one attached hydrogen (secondary N) is 1. The lowest BCUT2D eigenvalue weighted by Crippen LogP contribution is -2.42. The molecule has 0 saturated carbocycles. The van der Waals surface area contributed by atoms with Crippen LogP contribution in [0.4, 0.5) is 5.69 Å². The number of rotatable bonds is 5. The van der Waals surface area contributed by atoms with Crippen LogP contribution in [0.5, 0.6) is 0 Å². The normalized spacial score (nSPS) is 15.6. The molecule has 2 aromatic carbocycles. The van der Waals surface area contributed by atoms with Gasteiger partial charge in [0.25, 0.3) is 5.79 Å². The number of anilines is 1. The Bertz CT molecular complexity index is 920. The summed E-state index contributed by atoms with van der Waals surface area (Å²) in [6.07, 6.45) is 1.29. The molecule has 1 saturated heterocycles. The molecule has 0 aromatic heterocycles. The third kappa shape index (κ3) is 5.22. The van der Waals surface area contributed by atoms with E-state index in [1.807, 2.05) is 36.4 Å². The maximum absolute atomic E-state index is 11.9. The molecular weight excluding hydrogens is 421 g/mol. The summed E-state index contributed by atoms with van der Waals surface area (Å²) in [6.45, 7) is 3.00. The molecule has 1 N–H and O–H groups in total. The molecule has 0 bridgehead atoms. The van der Waals surface area contributed by atoms with Gasteiger partial charge in [-0.2, -0.15) is 0 Å². The number of esters is 2. The first-order chi connectivity index (χ1) is 13.2. The zero-order valence-corrected chi connectivity index (χ0v) is 17.5. The van der Waals surface area contributed by atoms with Crippen LogP contribution in [0, 0.1) is 0 Å². The van der Waals surface area contributed by atoms with E-state index in [1.165, 1.54) is 20.0 Å². The number of halogens is 2. The summed E-state index contributed by atoms with van der Waals surface area (Å²) in [4.78, 5) is 24.9. The fourth-order valence-electron chi connectivity index (χ4n) is 2.38. The summed E-state index contributed by atoms with van der Waals surface area (Å²) < 4.78 is 10.1. The number of carbonyl (C=O) groups excluding carboxylic acids is 2. The molecule has 0 amide bonds. The molecular formula is C20H17Cl2NO4S. The summed E-state index contributed by atoms with van der Waals surface area (Å²) in [7, 11) is 0. The first kappa shape index (κ1) is 20.6. The molecule has 28 heavy (non-hydrogen) atoms. The summed E-state index contributed by atoms with van der Waals surface area (Å²) >= 11 is 13.6. The standard InChI is InChI=1S/C20H17Cl2NO4S/c1-20(2)26-18(24)15(19(25)27-20)10-23-13-4-6-14(7-5-13)28-11-12-3-8-16(21)17(22)9-12/h3-10,23H,11H2,1-2H3. The average Bonchev–Trinajstić information content (AvgIpc) is 2.62. The number of hydrogen-bond donors (Lipinski definition) is 1. The molecule has 0 aliphatic carbocycles. The number of thioether (sulfide) groups is 1. The third-order valence-corrected chi connectivity index (χ3v) is 5.57. The second-order valence-electron chi connectivity index (χ2n) is 6.44. The van der Waals surface area contributed by atoms with Gasteiger partial charge < -0.3 is 14.8 Å². The van der Waals surface area contributed by atoms with Crippen molar-refractivity contribution in [2.24, 2.45) is 0 Å². The molecule has 0 radical (unpaired) electrons. The fraction of sp³-hybridized carbons (Fsp3) is 0.200. The van der Waals surface area contributed by atoms with E-state index in [1.54, 1.807) is 17.8 Å². The highest BCUT2D eigenvalue weighted by molar-refractivity contribution is 7.98. The third-order valence-electron chi connectivity index (χ3n) is 3.74. The molecule has 1 aliphatic heterocycles. The van der Waals surface area contributed by atoms with Gasteiger partial charge in [-0.3, -0.25) is 0 Å². The average molecular weight is 438 g/mol. The minimum Gasteiger partial charge on any atom is -0.419 e. The van der Waals surface area contributed by atoms with Gasteiger partial charge in [0.1, 0.15) is 0 Å². The van der Waals surface area contributed by atoms with Crippen molar-refractivity contribution >= 4 is 52.6 Å². The molecule has 8 heteroatoms. The second-order valence-corrected chi connectivity index (χ2v) is 8.31. The predicted molar refractivity (Wildman–Crippen MR) is 110 cm³/mol. The smallest absolute Gasteiger partial charge is 0.350 e. The Kier molecular flexibility index (Phi) is 6.23. The Hall–Kier alpha value is -2.15. The lowest BCUT2D eigenvalue weighted by molar-refractivity contribution is -0.222. The maximum atomic E-state index is 11.9. The summed E-state index contributed by atoms with van der Waals surface area (Å²) in [5.41, 5.74) is 1.61. The van der Waals surface area contributed by atoms with E-state index < -0.39 is 17.7 Å². The van der Waals surface area contributed by atoms with Crippen molar-refractivity contribution in [1.82, 2.24) is 0 Å². The van der Waals surface area contributed by atoms with Crippen LogP contribution in [0.3, 0.4) is 0 Å². The van der Waals surface area contributed by atoms with Gasteiger partial charge in [-0.1, -0.05) is 29.3 Å². The number of benzene rings is 2. The summed E-state index contributed by atoms with van der Waals surface area (Å²) in [6, 6.07) is 13.1. The summed E-state index contributed by atoms with van der Waals surface area (Å²) in [5, 5.41) is 3.99. The van der Waals surface area contributed by atoms with Crippen LogP contribution in [0.15, 0.2) is 59.1 Å². The van der Waals surface area contributed by atoms with Gasteiger partial charge in [0.15, 0.2) is 5.57 Å². The Morgan fingerprint density at radius 2 is 1.64 bits per heavy atom. The van der Waals surface area contributed by atoms with E-state index in [-0.39, 0.29) is 5.57 Å². The van der Waals surface area contributed by atoms with E-state index in [4.69, 9.17) is 32.7 Å². The van der Waals surface area contributed by atoms with Crippen LogP contribution in [-0.4, -0.2) is 17.7 Å². The van der Waals surface area contributed by atoms with Gasteiger partial charge in [0.05, 0.1) is 10.0 Å². The Labute approximate surface area is 177 Å². The van der Waals surface area contributed by atoms with Crippen LogP contribution in [0.2, 0.25) is 10.0 Å². The largest absolute Gasteiger partial charge is 0.419 e. The minimum absolute atomic E-state index is 0.183. The second kappa shape index (κ2) is 8.47. The van der Waals surface area contributed by atoms with Crippen LogP contribution in [-0.2, 0) is 24.8 Å². The molecule has 0 unspecified atom stereocenters. The summed E-state index contributed by atoms with van der Waals surface area (Å²) in [5.74, 6) is -1.94. The van der Waals surface area contributed by atoms with Gasteiger partial charge in [0, 0.05) is 36.4 Å². The van der Waals surface area contributed by atoms with E-state index in [9.17, 15) is 9.59 Å². The van der Waals surface area contributed by atoms with E-state index >= 15 is 0 Å². The number of carbonyl (C=O) groups is 2. The van der Waals surface area contributed by atoms with E-state index in [0.717, 1.165) is 21.9 Å². The molecule has 2 aromatic rings. The van der Waals surface area contributed by atoms with Crippen LogP contribution < -0.4 is 5.32 Å². The molecule has 0 atom stereocenters. The lowest BCUT2D eigenvalue weighted by atomic mass is 10.2. The predicted octanol–water partition coefficient (Wildman–Crippen LogP) is 5.42. The van der Waals surface area contributed by atoms with E-state index in [2.05, 4.69) is 5.32 Å². The highest BCUT2D eigenvalue weighted by atomic mass is 35.5. The highest BCUT2D eigenvalue weighted by Gasteiger charge is 2.38. The van der Waals surface area contributed by atoms with Gasteiger partial charge in [-0.25, -0.2) is 9.59 Å². The van der Waals surface area contributed by atoms with Crippen molar-refractivity contribution in [3.8, 4) is 0 Å². The maximum Gasteiger partial charge on any atom is 0.350 e. The van der Waals surface area contributed by atoms with Crippen molar-refractivity contribution in [2.75, 3.05) is 5.32 Å². The molecule has 5 nitrogen and oxygen atoms in total. The van der Waals surface area contributed by atoms with Gasteiger partial charge in [-0.15, -0.1) is 11.8 Å². The molecule has 1 fully saturated rings. The number of hydrogen-bond acceptors (Lipinski definition) is 6. The van der Waals surface area contributed by atoms with Crippen molar-refractivity contribution < 1.29 is 19.1 Å². The quantitative estimate of drug-likeness (QED) is 0.291. The molecule has 1 aliphatic rings. The highest BCUT2D eigenvalue weighted by Crippen LogP contribution is 2.28. The Morgan fingerprint density at radius 1 is 1.00 bits per heavy atom. The molecule has 1 heterocycles. The van der Waals surface area contributed by atoms with Gasteiger partial charge in [-0.05, 0) is 42.0 Å². The van der Waals surface area contributed by atoms with E-state index in [0.29, 0.717) is 10.0 Å². The molecule has 3 rings (SSSR count). The lowest BCUT2D eigenvalue weighted by Gasteiger charge is -2.29. The first-order valence-electron chi connectivity index (χ1n) is 8.34. The zero-order chi connectivity index (χ0) is 20.3. The first-order valence-corrected chi connectivity index (χ1v) is 10.1. The number of ether oxygens (including phenoxy) is 2. The van der Waals surface area contributed by atoms with Gasteiger partial charge in [0.2, 0.25) is 0 Å².